The molecule has 3 heteroatoms. The first kappa shape index (κ1) is 16.2. The molecule has 3 nitrogen and oxygen atoms in total. The Morgan fingerprint density at radius 1 is 1.15 bits per heavy atom. The SMILES string of the molecule is CC(=CCCC(C)=CCOC(=O)c1ccccc1)CO. The average Bonchev–Trinajstić information content (AvgIpc) is 2.47. The molecule has 1 aromatic carbocycles. The molecule has 20 heavy (non-hydrogen) atoms. The third-order valence-electron chi connectivity index (χ3n) is 2.94. The molecule has 0 bridgehead atoms. The van der Waals surface area contributed by atoms with Crippen LogP contribution in [0.3, 0.4) is 0 Å². The largest absolute Gasteiger partial charge is 0.458 e. The third kappa shape index (κ3) is 6.34. The molecule has 0 atom stereocenters. The van der Waals surface area contributed by atoms with E-state index in [0.717, 1.165) is 18.4 Å². The van der Waals surface area contributed by atoms with E-state index in [-0.39, 0.29) is 12.6 Å². The molecule has 0 aliphatic carbocycles. The van der Waals surface area contributed by atoms with Gasteiger partial charge in [0.2, 0.25) is 0 Å². The molecule has 108 valence electrons. The van der Waals surface area contributed by atoms with Crippen molar-refractivity contribution in [1.82, 2.24) is 0 Å². The van der Waals surface area contributed by atoms with Crippen LogP contribution >= 0.6 is 0 Å². The Morgan fingerprint density at radius 2 is 1.85 bits per heavy atom. The van der Waals surface area contributed by atoms with Crippen molar-refractivity contribution in [2.75, 3.05) is 13.2 Å². The number of carbonyl (C=O) groups is 1. The summed E-state index contributed by atoms with van der Waals surface area (Å²) in [6.07, 6.45) is 5.73. The van der Waals surface area contributed by atoms with E-state index in [1.54, 1.807) is 12.1 Å². The van der Waals surface area contributed by atoms with Gasteiger partial charge in [-0.1, -0.05) is 35.4 Å². The van der Waals surface area contributed by atoms with Crippen LogP contribution in [0.1, 0.15) is 37.0 Å². The highest BCUT2D eigenvalue weighted by molar-refractivity contribution is 5.89. The number of rotatable bonds is 7. The van der Waals surface area contributed by atoms with E-state index in [4.69, 9.17) is 9.84 Å². The van der Waals surface area contributed by atoms with Crippen molar-refractivity contribution < 1.29 is 14.6 Å². The van der Waals surface area contributed by atoms with Gasteiger partial charge in [0.05, 0.1) is 12.2 Å². The fourth-order valence-electron chi connectivity index (χ4n) is 1.63. The summed E-state index contributed by atoms with van der Waals surface area (Å²) >= 11 is 0. The van der Waals surface area contributed by atoms with Crippen LogP contribution in [0.2, 0.25) is 0 Å². The predicted octanol–water partition coefficient (Wildman–Crippen LogP) is 3.51. The quantitative estimate of drug-likeness (QED) is 0.611. The maximum atomic E-state index is 11.7. The molecule has 0 fully saturated rings. The number of allylic oxidation sites excluding steroid dienone is 2. The topological polar surface area (TPSA) is 46.5 Å². The van der Waals surface area contributed by atoms with Crippen LogP contribution in [0.5, 0.6) is 0 Å². The van der Waals surface area contributed by atoms with E-state index in [1.807, 2.05) is 44.2 Å². The van der Waals surface area contributed by atoms with Gasteiger partial charge in [-0.15, -0.1) is 0 Å². The van der Waals surface area contributed by atoms with Crippen molar-refractivity contribution in [3.05, 3.63) is 59.2 Å². The molecule has 1 N–H and O–H groups in total. The number of aliphatic hydroxyl groups is 1. The van der Waals surface area contributed by atoms with E-state index in [2.05, 4.69) is 0 Å². The Hall–Kier alpha value is -1.87. The summed E-state index contributed by atoms with van der Waals surface area (Å²) in [6, 6.07) is 8.96. The summed E-state index contributed by atoms with van der Waals surface area (Å²) in [6.45, 7) is 4.32. The summed E-state index contributed by atoms with van der Waals surface area (Å²) in [5, 5.41) is 8.87. The molecule has 0 heterocycles. The van der Waals surface area contributed by atoms with E-state index in [1.165, 1.54) is 5.57 Å². The van der Waals surface area contributed by atoms with E-state index < -0.39 is 0 Å². The van der Waals surface area contributed by atoms with Gasteiger partial charge in [0.15, 0.2) is 0 Å². The average molecular weight is 274 g/mol. The fourth-order valence-corrected chi connectivity index (χ4v) is 1.63. The molecule has 0 aromatic heterocycles. The van der Waals surface area contributed by atoms with Gasteiger partial charge in [-0.2, -0.15) is 0 Å². The van der Waals surface area contributed by atoms with Gasteiger partial charge >= 0.3 is 5.97 Å². The molecule has 1 aromatic rings. The Kier molecular flexibility index (Phi) is 7.36. The smallest absolute Gasteiger partial charge is 0.338 e. The minimum Gasteiger partial charge on any atom is -0.458 e. The van der Waals surface area contributed by atoms with Crippen LogP contribution in [0.15, 0.2) is 53.6 Å². The van der Waals surface area contributed by atoms with Crippen LogP contribution in [-0.4, -0.2) is 24.3 Å². The number of carbonyl (C=O) groups excluding carboxylic acids is 1. The molecule has 0 radical (unpaired) electrons. The molecule has 0 spiro atoms. The van der Waals surface area contributed by atoms with Crippen LogP contribution in [0.25, 0.3) is 0 Å². The third-order valence-corrected chi connectivity index (χ3v) is 2.94. The van der Waals surface area contributed by atoms with E-state index in [9.17, 15) is 4.79 Å². The zero-order chi connectivity index (χ0) is 14.8. The van der Waals surface area contributed by atoms with Gasteiger partial charge in [-0.3, -0.25) is 0 Å². The van der Waals surface area contributed by atoms with Gasteiger partial charge in [0.25, 0.3) is 0 Å². The lowest BCUT2D eigenvalue weighted by atomic mass is 10.1. The van der Waals surface area contributed by atoms with Gasteiger partial charge in [-0.05, 0) is 44.9 Å². The molecular formula is C17H22O3. The first-order chi connectivity index (χ1) is 9.63. The van der Waals surface area contributed by atoms with Gasteiger partial charge in [-0.25, -0.2) is 4.79 Å². The second-order valence-electron chi connectivity index (χ2n) is 4.76. The fraction of sp³-hybridized carbons (Fsp3) is 0.353. The van der Waals surface area contributed by atoms with Crippen LogP contribution in [0, 0.1) is 0 Å². The van der Waals surface area contributed by atoms with Gasteiger partial charge < -0.3 is 9.84 Å². The second kappa shape index (κ2) is 9.10. The Labute approximate surface area is 120 Å². The number of benzene rings is 1. The van der Waals surface area contributed by atoms with Crippen molar-refractivity contribution in [3.8, 4) is 0 Å². The lowest BCUT2D eigenvalue weighted by Gasteiger charge is -2.03. The van der Waals surface area contributed by atoms with Crippen molar-refractivity contribution in [3.63, 3.8) is 0 Å². The van der Waals surface area contributed by atoms with Crippen molar-refractivity contribution in [2.24, 2.45) is 0 Å². The Balaban J connectivity index is 2.32. The standard InChI is InChI=1S/C17H22O3/c1-14(7-6-8-15(2)13-18)11-12-20-17(19)16-9-4-3-5-10-16/h3-5,8-11,18H,6-7,12-13H2,1-2H3. The van der Waals surface area contributed by atoms with Crippen LogP contribution in [0.4, 0.5) is 0 Å². The van der Waals surface area contributed by atoms with E-state index in [0.29, 0.717) is 12.2 Å². The zero-order valence-electron chi connectivity index (χ0n) is 12.1. The highest BCUT2D eigenvalue weighted by Crippen LogP contribution is 2.07. The Bertz CT molecular complexity index is 472. The summed E-state index contributed by atoms with van der Waals surface area (Å²) in [5.74, 6) is -0.300. The lowest BCUT2D eigenvalue weighted by molar-refractivity contribution is 0.0549. The molecule has 0 saturated carbocycles. The van der Waals surface area contributed by atoms with Gasteiger partial charge in [0, 0.05) is 0 Å². The minimum atomic E-state index is -0.300. The maximum Gasteiger partial charge on any atom is 0.338 e. The number of aliphatic hydroxyl groups excluding tert-OH is 1. The van der Waals surface area contributed by atoms with Crippen LogP contribution in [-0.2, 0) is 4.74 Å². The predicted molar refractivity (Wildman–Crippen MR) is 80.6 cm³/mol. The lowest BCUT2D eigenvalue weighted by Crippen LogP contribution is -2.04. The highest BCUT2D eigenvalue weighted by Gasteiger charge is 2.04. The second-order valence-corrected chi connectivity index (χ2v) is 4.76. The van der Waals surface area contributed by atoms with Gasteiger partial charge in [0.1, 0.15) is 6.61 Å². The highest BCUT2D eigenvalue weighted by atomic mass is 16.5. The summed E-state index contributed by atoms with van der Waals surface area (Å²) in [4.78, 5) is 11.7. The number of esters is 1. The maximum absolute atomic E-state index is 11.7. The van der Waals surface area contributed by atoms with Crippen molar-refractivity contribution >= 4 is 5.97 Å². The molecule has 0 unspecified atom stereocenters. The first-order valence-corrected chi connectivity index (χ1v) is 6.77. The van der Waals surface area contributed by atoms with Crippen LogP contribution < -0.4 is 0 Å². The molecule has 1 rings (SSSR count). The van der Waals surface area contributed by atoms with Crippen molar-refractivity contribution in [2.45, 2.75) is 26.7 Å². The zero-order valence-corrected chi connectivity index (χ0v) is 12.1. The Morgan fingerprint density at radius 3 is 2.50 bits per heavy atom. The minimum absolute atomic E-state index is 0.109. The molecule has 0 aliphatic rings. The summed E-state index contributed by atoms with van der Waals surface area (Å²) in [7, 11) is 0. The summed E-state index contributed by atoms with van der Waals surface area (Å²) < 4.78 is 5.18. The number of ether oxygens (including phenoxy) is 1. The molecular weight excluding hydrogens is 252 g/mol. The number of hydrogen-bond acceptors (Lipinski definition) is 3. The van der Waals surface area contributed by atoms with E-state index >= 15 is 0 Å². The molecule has 0 aliphatic heterocycles. The monoisotopic (exact) mass is 274 g/mol. The summed E-state index contributed by atoms with van der Waals surface area (Å²) in [5.41, 5.74) is 2.72. The normalized spacial score (nSPS) is 12.3. The molecule has 0 saturated heterocycles. The number of hydrogen-bond donors (Lipinski definition) is 1. The van der Waals surface area contributed by atoms with Crippen molar-refractivity contribution in [1.29, 1.82) is 0 Å². The molecule has 0 amide bonds. The first-order valence-electron chi connectivity index (χ1n) is 6.77.